The molecule has 1 aromatic carbocycles. The number of carbonyl (C=O) groups is 1. The maximum absolute atomic E-state index is 11.8. The lowest BCUT2D eigenvalue weighted by Gasteiger charge is -2.13. The standard InChI is InChI=1S/C15H15Cl2NO2/c1-9-6-12(15(19)8-16)10(2)18(9)14-7-11(20-3)4-5-13(14)17/h4-7H,8H2,1-3H3. The number of hydrogen-bond donors (Lipinski definition) is 0. The number of alkyl halides is 1. The second-order valence-corrected chi connectivity index (χ2v) is 5.17. The SMILES string of the molecule is COc1ccc(Cl)c(-n2c(C)cc(C(=O)CCl)c2C)c1. The Morgan fingerprint density at radius 1 is 1.30 bits per heavy atom. The lowest BCUT2D eigenvalue weighted by atomic mass is 10.2. The first-order chi connectivity index (χ1) is 9.49. The van der Waals surface area contributed by atoms with Crippen molar-refractivity contribution in [1.82, 2.24) is 4.57 Å². The van der Waals surface area contributed by atoms with Crippen molar-refractivity contribution < 1.29 is 9.53 Å². The van der Waals surface area contributed by atoms with Crippen molar-refractivity contribution in [1.29, 1.82) is 0 Å². The largest absolute Gasteiger partial charge is 0.497 e. The molecule has 0 aliphatic rings. The lowest BCUT2D eigenvalue weighted by Crippen LogP contribution is -2.05. The number of Topliss-reactive ketones (excluding diaryl/α,β-unsaturated/α-hetero) is 1. The van der Waals surface area contributed by atoms with Gasteiger partial charge in [-0.1, -0.05) is 11.6 Å². The molecule has 0 saturated heterocycles. The first-order valence-electron chi connectivity index (χ1n) is 6.11. The predicted octanol–water partition coefficient (Wildman–Crippen LogP) is 4.18. The highest BCUT2D eigenvalue weighted by Crippen LogP contribution is 2.30. The summed E-state index contributed by atoms with van der Waals surface area (Å²) in [6, 6.07) is 7.25. The molecule has 0 amide bonds. The summed E-state index contributed by atoms with van der Waals surface area (Å²) in [5.74, 6) is 0.586. The smallest absolute Gasteiger partial charge is 0.179 e. The Hall–Kier alpha value is -1.45. The van der Waals surface area contributed by atoms with E-state index in [4.69, 9.17) is 27.9 Å². The maximum Gasteiger partial charge on any atom is 0.179 e. The van der Waals surface area contributed by atoms with E-state index in [1.807, 2.05) is 30.5 Å². The number of ether oxygens (including phenoxy) is 1. The van der Waals surface area contributed by atoms with Crippen molar-refractivity contribution in [2.24, 2.45) is 0 Å². The lowest BCUT2D eigenvalue weighted by molar-refractivity contribution is 0.102. The van der Waals surface area contributed by atoms with Crippen molar-refractivity contribution in [2.75, 3.05) is 13.0 Å². The molecule has 2 aromatic rings. The summed E-state index contributed by atoms with van der Waals surface area (Å²) in [7, 11) is 1.60. The Labute approximate surface area is 128 Å². The summed E-state index contributed by atoms with van der Waals surface area (Å²) in [5.41, 5.74) is 3.15. The molecule has 2 rings (SSSR count). The van der Waals surface area contributed by atoms with Crippen LogP contribution < -0.4 is 4.74 Å². The summed E-state index contributed by atoms with van der Waals surface area (Å²) in [5, 5.41) is 0.595. The van der Waals surface area contributed by atoms with Gasteiger partial charge >= 0.3 is 0 Å². The predicted molar refractivity (Wildman–Crippen MR) is 81.9 cm³/mol. The topological polar surface area (TPSA) is 31.2 Å². The first kappa shape index (κ1) is 14.9. The third-order valence-electron chi connectivity index (χ3n) is 3.25. The minimum Gasteiger partial charge on any atom is -0.497 e. The molecule has 3 nitrogen and oxygen atoms in total. The average molecular weight is 312 g/mol. The number of methoxy groups -OCH3 is 1. The number of aryl methyl sites for hydroxylation is 1. The van der Waals surface area contributed by atoms with Gasteiger partial charge in [-0.25, -0.2) is 0 Å². The van der Waals surface area contributed by atoms with Gasteiger partial charge in [0.2, 0.25) is 0 Å². The van der Waals surface area contributed by atoms with E-state index in [9.17, 15) is 4.79 Å². The zero-order chi connectivity index (χ0) is 14.9. The van der Waals surface area contributed by atoms with Crippen molar-refractivity contribution >= 4 is 29.0 Å². The van der Waals surface area contributed by atoms with Crippen molar-refractivity contribution in [3.8, 4) is 11.4 Å². The molecule has 106 valence electrons. The minimum absolute atomic E-state index is 0.0316. The van der Waals surface area contributed by atoms with Gasteiger partial charge < -0.3 is 9.30 Å². The minimum atomic E-state index is -0.0926. The zero-order valence-corrected chi connectivity index (χ0v) is 13.0. The molecule has 5 heteroatoms. The highest BCUT2D eigenvalue weighted by atomic mass is 35.5. The Balaban J connectivity index is 2.64. The van der Waals surface area contributed by atoms with Crippen LogP contribution in [0.15, 0.2) is 24.3 Å². The Kier molecular flexibility index (Phi) is 4.41. The van der Waals surface area contributed by atoms with E-state index < -0.39 is 0 Å². The molecule has 0 spiro atoms. The number of benzene rings is 1. The summed E-state index contributed by atoms with van der Waals surface area (Å²) in [4.78, 5) is 11.8. The van der Waals surface area contributed by atoms with E-state index >= 15 is 0 Å². The van der Waals surface area contributed by atoms with E-state index in [1.165, 1.54) is 0 Å². The van der Waals surface area contributed by atoms with Gasteiger partial charge in [0.05, 0.1) is 23.7 Å². The summed E-state index contributed by atoms with van der Waals surface area (Å²) in [6.07, 6.45) is 0. The Morgan fingerprint density at radius 3 is 2.60 bits per heavy atom. The van der Waals surface area contributed by atoms with Crippen LogP contribution in [0.25, 0.3) is 5.69 Å². The van der Waals surface area contributed by atoms with Crippen LogP contribution in [0.4, 0.5) is 0 Å². The number of rotatable bonds is 4. The van der Waals surface area contributed by atoms with Crippen LogP contribution in [0.2, 0.25) is 5.02 Å². The number of hydrogen-bond acceptors (Lipinski definition) is 2. The second kappa shape index (κ2) is 5.90. The molecular formula is C15H15Cl2NO2. The molecule has 1 aromatic heterocycles. The normalized spacial score (nSPS) is 10.7. The molecule has 0 unspecified atom stereocenters. The molecule has 0 atom stereocenters. The molecule has 0 radical (unpaired) electrons. The molecule has 1 heterocycles. The summed E-state index contributed by atoms with van der Waals surface area (Å²) >= 11 is 11.9. The number of ketones is 1. The number of nitrogens with zero attached hydrogens (tertiary/aromatic N) is 1. The fourth-order valence-electron chi connectivity index (χ4n) is 2.28. The van der Waals surface area contributed by atoms with Crippen LogP contribution in [-0.4, -0.2) is 23.3 Å². The molecule has 20 heavy (non-hydrogen) atoms. The van der Waals surface area contributed by atoms with Gasteiger partial charge in [0.1, 0.15) is 5.75 Å². The van der Waals surface area contributed by atoms with E-state index in [0.29, 0.717) is 16.3 Å². The summed E-state index contributed by atoms with van der Waals surface area (Å²) < 4.78 is 7.16. The molecule has 0 saturated carbocycles. The molecule has 0 bridgehead atoms. The van der Waals surface area contributed by atoms with Crippen LogP contribution in [0.5, 0.6) is 5.75 Å². The van der Waals surface area contributed by atoms with E-state index in [0.717, 1.165) is 17.1 Å². The van der Waals surface area contributed by atoms with E-state index in [-0.39, 0.29) is 11.7 Å². The van der Waals surface area contributed by atoms with Crippen LogP contribution in [-0.2, 0) is 0 Å². The van der Waals surface area contributed by atoms with E-state index in [2.05, 4.69) is 0 Å². The van der Waals surface area contributed by atoms with Crippen molar-refractivity contribution in [3.05, 3.63) is 46.2 Å². The van der Waals surface area contributed by atoms with Gasteiger partial charge in [0, 0.05) is 23.0 Å². The Morgan fingerprint density at radius 2 is 2.00 bits per heavy atom. The quantitative estimate of drug-likeness (QED) is 0.626. The average Bonchev–Trinajstić information content (AvgIpc) is 2.74. The molecule has 0 aliphatic heterocycles. The third kappa shape index (κ3) is 2.56. The first-order valence-corrected chi connectivity index (χ1v) is 7.02. The van der Waals surface area contributed by atoms with Crippen LogP contribution in [0.1, 0.15) is 21.7 Å². The molecule has 0 N–H and O–H groups in total. The molecule has 0 fully saturated rings. The second-order valence-electron chi connectivity index (χ2n) is 4.49. The third-order valence-corrected chi connectivity index (χ3v) is 3.81. The number of aromatic nitrogens is 1. The number of carbonyl (C=O) groups excluding carboxylic acids is 1. The van der Waals surface area contributed by atoms with Gasteiger partial charge in [0.15, 0.2) is 5.78 Å². The Bertz CT molecular complexity index is 662. The monoisotopic (exact) mass is 311 g/mol. The fraction of sp³-hybridized carbons (Fsp3) is 0.267. The fourth-order valence-corrected chi connectivity index (χ4v) is 2.62. The van der Waals surface area contributed by atoms with Gasteiger partial charge in [-0.15, -0.1) is 11.6 Å². The summed E-state index contributed by atoms with van der Waals surface area (Å²) in [6.45, 7) is 3.80. The van der Waals surface area contributed by atoms with Crippen LogP contribution >= 0.6 is 23.2 Å². The molecular weight excluding hydrogens is 297 g/mol. The van der Waals surface area contributed by atoms with Crippen LogP contribution in [0, 0.1) is 13.8 Å². The van der Waals surface area contributed by atoms with Gasteiger partial charge in [0.25, 0.3) is 0 Å². The van der Waals surface area contributed by atoms with Gasteiger partial charge in [-0.3, -0.25) is 4.79 Å². The highest BCUT2D eigenvalue weighted by Gasteiger charge is 2.17. The van der Waals surface area contributed by atoms with E-state index in [1.54, 1.807) is 19.2 Å². The van der Waals surface area contributed by atoms with Gasteiger partial charge in [-0.05, 0) is 32.0 Å². The zero-order valence-electron chi connectivity index (χ0n) is 11.5. The highest BCUT2D eigenvalue weighted by molar-refractivity contribution is 6.32. The van der Waals surface area contributed by atoms with Crippen molar-refractivity contribution in [3.63, 3.8) is 0 Å². The molecule has 0 aliphatic carbocycles. The number of halogens is 2. The maximum atomic E-state index is 11.8. The van der Waals surface area contributed by atoms with Crippen LogP contribution in [0.3, 0.4) is 0 Å². The van der Waals surface area contributed by atoms with Gasteiger partial charge in [-0.2, -0.15) is 0 Å². The van der Waals surface area contributed by atoms with Crippen molar-refractivity contribution in [2.45, 2.75) is 13.8 Å².